The Balaban J connectivity index is 1.88. The number of thiophene rings is 1. The Morgan fingerprint density at radius 1 is 1.27 bits per heavy atom. The summed E-state index contributed by atoms with van der Waals surface area (Å²) >= 11 is 4.81. The largest absolute Gasteiger partial charge is 0.341 e. The van der Waals surface area contributed by atoms with Crippen molar-refractivity contribution in [1.29, 1.82) is 0 Å². The molecule has 2 N–H and O–H groups in total. The van der Waals surface area contributed by atoms with Crippen LogP contribution in [-0.4, -0.2) is 15.9 Å². The molecule has 22 heavy (non-hydrogen) atoms. The third-order valence-electron chi connectivity index (χ3n) is 3.45. The Bertz CT molecular complexity index is 775. The number of carbonyl (C=O) groups excluding carboxylic acids is 1. The van der Waals surface area contributed by atoms with Gasteiger partial charge in [-0.3, -0.25) is 4.79 Å². The maximum absolute atomic E-state index is 12.4. The molecular weight excluding hydrogens is 362 g/mol. The van der Waals surface area contributed by atoms with Gasteiger partial charge in [-0.15, -0.1) is 11.3 Å². The smallest absolute Gasteiger partial charge is 0.261 e. The number of benzene rings is 1. The van der Waals surface area contributed by atoms with E-state index in [0.717, 1.165) is 20.6 Å². The van der Waals surface area contributed by atoms with Gasteiger partial charge in [0.2, 0.25) is 0 Å². The van der Waals surface area contributed by atoms with E-state index in [0.29, 0.717) is 4.88 Å². The van der Waals surface area contributed by atoms with Crippen LogP contribution >= 0.6 is 27.3 Å². The fourth-order valence-corrected chi connectivity index (χ4v) is 3.61. The summed E-state index contributed by atoms with van der Waals surface area (Å²) in [6.45, 7) is 4.14. The molecule has 114 valence electrons. The first-order valence-corrected chi connectivity index (χ1v) is 8.66. The van der Waals surface area contributed by atoms with Crippen LogP contribution < -0.4 is 5.32 Å². The molecule has 2 aromatic heterocycles. The van der Waals surface area contributed by atoms with Gasteiger partial charge in [-0.1, -0.05) is 26.0 Å². The summed E-state index contributed by atoms with van der Waals surface area (Å²) in [7, 11) is 0. The van der Waals surface area contributed by atoms with Crippen molar-refractivity contribution in [2.45, 2.75) is 19.9 Å². The molecule has 0 spiro atoms. The number of para-hydroxylation sites is 2. The fraction of sp³-hybridized carbons (Fsp3) is 0.250. The fourth-order valence-electron chi connectivity index (χ4n) is 2.32. The highest BCUT2D eigenvalue weighted by Gasteiger charge is 2.23. The number of hydrogen-bond acceptors (Lipinski definition) is 3. The molecule has 0 aliphatic heterocycles. The van der Waals surface area contributed by atoms with Crippen molar-refractivity contribution in [3.8, 4) is 0 Å². The molecule has 1 atom stereocenters. The predicted molar refractivity (Wildman–Crippen MR) is 93.2 cm³/mol. The van der Waals surface area contributed by atoms with Crippen molar-refractivity contribution in [2.24, 2.45) is 5.92 Å². The Hall–Kier alpha value is -1.66. The van der Waals surface area contributed by atoms with E-state index in [4.69, 9.17) is 0 Å². The molecule has 1 aromatic carbocycles. The zero-order valence-corrected chi connectivity index (χ0v) is 14.7. The summed E-state index contributed by atoms with van der Waals surface area (Å²) in [6.07, 6.45) is 0. The molecule has 3 rings (SSSR count). The first-order valence-electron chi connectivity index (χ1n) is 7.05. The number of hydrogen-bond donors (Lipinski definition) is 2. The topological polar surface area (TPSA) is 57.8 Å². The Labute approximate surface area is 141 Å². The van der Waals surface area contributed by atoms with Gasteiger partial charge in [0.05, 0.1) is 25.7 Å². The van der Waals surface area contributed by atoms with Gasteiger partial charge in [0.15, 0.2) is 0 Å². The molecule has 0 radical (unpaired) electrons. The number of aromatic nitrogens is 2. The average molecular weight is 378 g/mol. The lowest BCUT2D eigenvalue weighted by Crippen LogP contribution is -2.32. The zero-order chi connectivity index (χ0) is 15.7. The van der Waals surface area contributed by atoms with E-state index in [-0.39, 0.29) is 17.9 Å². The van der Waals surface area contributed by atoms with Gasteiger partial charge < -0.3 is 10.3 Å². The number of imidazole rings is 1. The van der Waals surface area contributed by atoms with Crippen molar-refractivity contribution in [3.63, 3.8) is 0 Å². The molecule has 0 saturated carbocycles. The molecule has 0 saturated heterocycles. The Kier molecular flexibility index (Phi) is 4.31. The molecule has 3 aromatic rings. The quantitative estimate of drug-likeness (QED) is 0.702. The molecule has 0 bridgehead atoms. The number of rotatable bonds is 4. The van der Waals surface area contributed by atoms with Gasteiger partial charge in [-0.05, 0) is 46.1 Å². The SMILES string of the molecule is CC(C)[C@H](NC(=O)c1ccc(Br)s1)c1nc2ccccc2[nH]1. The van der Waals surface area contributed by atoms with E-state index in [9.17, 15) is 4.79 Å². The number of halogens is 1. The molecule has 2 heterocycles. The molecule has 6 heteroatoms. The minimum atomic E-state index is -0.152. The molecular formula is C16H16BrN3OS. The second kappa shape index (κ2) is 6.22. The number of nitrogens with zero attached hydrogens (tertiary/aromatic N) is 1. The van der Waals surface area contributed by atoms with E-state index >= 15 is 0 Å². The lowest BCUT2D eigenvalue weighted by atomic mass is 10.0. The van der Waals surface area contributed by atoms with Crippen LogP contribution in [0.2, 0.25) is 0 Å². The highest BCUT2D eigenvalue weighted by molar-refractivity contribution is 9.11. The maximum atomic E-state index is 12.4. The number of amides is 1. The summed E-state index contributed by atoms with van der Waals surface area (Å²) in [6, 6.07) is 11.4. The maximum Gasteiger partial charge on any atom is 0.261 e. The van der Waals surface area contributed by atoms with Crippen molar-refractivity contribution >= 4 is 44.2 Å². The lowest BCUT2D eigenvalue weighted by molar-refractivity contribution is 0.0927. The van der Waals surface area contributed by atoms with Crippen molar-refractivity contribution < 1.29 is 4.79 Å². The minimum Gasteiger partial charge on any atom is -0.341 e. The van der Waals surface area contributed by atoms with Gasteiger partial charge in [0.25, 0.3) is 5.91 Å². The summed E-state index contributed by atoms with van der Waals surface area (Å²) in [4.78, 5) is 21.0. The van der Waals surface area contributed by atoms with E-state index in [1.54, 1.807) is 0 Å². The van der Waals surface area contributed by atoms with Crippen LogP contribution in [0.5, 0.6) is 0 Å². The van der Waals surface area contributed by atoms with Crippen molar-refractivity contribution in [1.82, 2.24) is 15.3 Å². The highest BCUT2D eigenvalue weighted by Crippen LogP contribution is 2.25. The monoisotopic (exact) mass is 377 g/mol. The summed E-state index contributed by atoms with van der Waals surface area (Å²) in [5, 5.41) is 3.08. The van der Waals surface area contributed by atoms with Gasteiger partial charge >= 0.3 is 0 Å². The normalized spacial score (nSPS) is 12.7. The van der Waals surface area contributed by atoms with E-state index in [1.807, 2.05) is 36.4 Å². The number of nitrogens with one attached hydrogen (secondary N) is 2. The van der Waals surface area contributed by atoms with Crippen molar-refractivity contribution in [3.05, 3.63) is 50.9 Å². The molecule has 0 aliphatic carbocycles. The van der Waals surface area contributed by atoms with Crippen LogP contribution in [0.3, 0.4) is 0 Å². The standard InChI is InChI=1S/C16H16BrN3OS/c1-9(2)14(20-16(21)12-7-8-13(17)22-12)15-18-10-5-3-4-6-11(10)19-15/h3-9,14H,1-2H3,(H,18,19)(H,20,21)/t14-/m0/s1. The van der Waals surface area contributed by atoms with Crippen molar-refractivity contribution in [2.75, 3.05) is 0 Å². The predicted octanol–water partition coefficient (Wildman–Crippen LogP) is 4.51. The second-order valence-electron chi connectivity index (χ2n) is 5.44. The number of fused-ring (bicyclic) bond motifs is 1. The van der Waals surface area contributed by atoms with Crippen LogP contribution in [0.15, 0.2) is 40.2 Å². The molecule has 1 amide bonds. The second-order valence-corrected chi connectivity index (χ2v) is 7.90. The summed E-state index contributed by atoms with van der Waals surface area (Å²) in [5.41, 5.74) is 1.90. The average Bonchev–Trinajstić information content (AvgIpc) is 3.09. The zero-order valence-electron chi connectivity index (χ0n) is 12.3. The molecule has 0 unspecified atom stereocenters. The third kappa shape index (κ3) is 3.08. The minimum absolute atomic E-state index is 0.0742. The van der Waals surface area contributed by atoms with E-state index in [1.165, 1.54) is 11.3 Å². The molecule has 0 fully saturated rings. The van der Waals surface area contributed by atoms with Gasteiger partial charge in [0, 0.05) is 0 Å². The summed E-state index contributed by atoms with van der Waals surface area (Å²) < 4.78 is 0.947. The Morgan fingerprint density at radius 3 is 2.68 bits per heavy atom. The van der Waals surface area contributed by atoms with E-state index < -0.39 is 0 Å². The molecule has 0 aliphatic rings. The number of carbonyl (C=O) groups is 1. The summed E-state index contributed by atoms with van der Waals surface area (Å²) in [5.74, 6) is 0.947. The number of aromatic amines is 1. The lowest BCUT2D eigenvalue weighted by Gasteiger charge is -2.19. The van der Waals surface area contributed by atoms with Crippen LogP contribution in [0.1, 0.15) is 35.4 Å². The van der Waals surface area contributed by atoms with Gasteiger partial charge in [-0.25, -0.2) is 4.98 Å². The van der Waals surface area contributed by atoms with E-state index in [2.05, 4.69) is 45.1 Å². The first-order chi connectivity index (χ1) is 10.5. The highest BCUT2D eigenvalue weighted by atomic mass is 79.9. The third-order valence-corrected chi connectivity index (χ3v) is 5.07. The first kappa shape index (κ1) is 15.2. The Morgan fingerprint density at radius 2 is 2.05 bits per heavy atom. The van der Waals surface area contributed by atoms with Crippen LogP contribution in [0, 0.1) is 5.92 Å². The van der Waals surface area contributed by atoms with Crippen LogP contribution in [-0.2, 0) is 0 Å². The van der Waals surface area contributed by atoms with Crippen LogP contribution in [0.4, 0.5) is 0 Å². The van der Waals surface area contributed by atoms with Crippen LogP contribution in [0.25, 0.3) is 11.0 Å². The number of H-pyrrole nitrogens is 1. The van der Waals surface area contributed by atoms with Gasteiger partial charge in [-0.2, -0.15) is 0 Å². The van der Waals surface area contributed by atoms with Gasteiger partial charge in [0.1, 0.15) is 5.82 Å². The molecule has 4 nitrogen and oxygen atoms in total.